The lowest BCUT2D eigenvalue weighted by atomic mass is 10.3. The molecule has 26 heavy (non-hydrogen) atoms. The van der Waals surface area contributed by atoms with E-state index in [0.29, 0.717) is 0 Å². The SMILES string of the molecule is CC(CC(F)(F)F)[Si](O[SiH2]O[SiH3])(C(C)CC(F)(F)F)C(C)CC(F)(F)F. The summed E-state index contributed by atoms with van der Waals surface area (Å²) in [7, 11) is -5.97. The molecule has 14 heteroatoms. The van der Waals surface area contributed by atoms with Gasteiger partial charge in [0.15, 0.2) is 8.32 Å². The van der Waals surface area contributed by atoms with E-state index in [1.54, 1.807) is 0 Å². The van der Waals surface area contributed by atoms with Crippen molar-refractivity contribution < 1.29 is 47.7 Å². The molecule has 0 aromatic rings. The molecule has 0 spiro atoms. The average molecular weight is 455 g/mol. The molecule has 0 aliphatic rings. The van der Waals surface area contributed by atoms with Gasteiger partial charge in [-0.05, 0) is 16.6 Å². The summed E-state index contributed by atoms with van der Waals surface area (Å²) in [4.78, 5) is 0. The van der Waals surface area contributed by atoms with Crippen LogP contribution in [0, 0.1) is 0 Å². The normalized spacial score (nSPS) is 20.3. The largest absolute Gasteiger partial charge is 0.449 e. The summed E-state index contributed by atoms with van der Waals surface area (Å²) >= 11 is 0. The highest BCUT2D eigenvalue weighted by Crippen LogP contribution is 2.52. The molecule has 0 N–H and O–H groups in total. The van der Waals surface area contributed by atoms with Gasteiger partial charge in [-0.15, -0.1) is 0 Å². The predicted molar refractivity (Wildman–Crippen MR) is 86.7 cm³/mol. The smallest absolute Gasteiger partial charge is 0.389 e. The van der Waals surface area contributed by atoms with Crippen molar-refractivity contribution >= 4 is 28.8 Å². The number of alkyl halides is 9. The van der Waals surface area contributed by atoms with E-state index in [0.717, 1.165) is 20.8 Å². The third kappa shape index (κ3) is 8.75. The molecule has 0 aliphatic carbocycles. The topological polar surface area (TPSA) is 18.5 Å². The third-order valence-electron chi connectivity index (χ3n) is 4.35. The Labute approximate surface area is 152 Å². The van der Waals surface area contributed by atoms with E-state index in [1.165, 1.54) is 0 Å². The summed E-state index contributed by atoms with van der Waals surface area (Å²) < 4.78 is 126. The van der Waals surface area contributed by atoms with E-state index in [9.17, 15) is 39.5 Å². The first-order valence-corrected chi connectivity index (χ1v) is 11.9. The van der Waals surface area contributed by atoms with E-state index in [-0.39, 0.29) is 10.5 Å². The van der Waals surface area contributed by atoms with Crippen LogP contribution < -0.4 is 0 Å². The number of halogens is 9. The highest BCUT2D eigenvalue weighted by Gasteiger charge is 2.56. The minimum Gasteiger partial charge on any atom is -0.449 e. The van der Waals surface area contributed by atoms with Crippen molar-refractivity contribution in [1.29, 1.82) is 0 Å². The molecule has 3 unspecified atom stereocenters. The van der Waals surface area contributed by atoms with Gasteiger partial charge in [-0.25, -0.2) is 0 Å². The number of hydrogen-bond acceptors (Lipinski definition) is 2. The van der Waals surface area contributed by atoms with Gasteiger partial charge in [0.05, 0.1) is 0 Å². The fourth-order valence-corrected chi connectivity index (χ4v) is 13.9. The lowest BCUT2D eigenvalue weighted by Crippen LogP contribution is -2.53. The Balaban J connectivity index is 6.06. The Hall–Kier alpha value is -0.0594. The van der Waals surface area contributed by atoms with Crippen molar-refractivity contribution in [2.24, 2.45) is 0 Å². The Bertz CT molecular complexity index is 371. The first-order chi connectivity index (χ1) is 11.4. The van der Waals surface area contributed by atoms with Gasteiger partial charge in [0.2, 0.25) is 0 Å². The zero-order valence-electron chi connectivity index (χ0n) is 14.8. The second-order valence-corrected chi connectivity index (χ2v) is 14.9. The van der Waals surface area contributed by atoms with E-state index in [1.807, 2.05) is 0 Å². The molecule has 0 saturated carbocycles. The molecular weight excluding hydrogens is 431 g/mol. The fraction of sp³-hybridized carbons (Fsp3) is 1.00. The second-order valence-electron chi connectivity index (χ2n) is 6.57. The molecule has 0 amide bonds. The van der Waals surface area contributed by atoms with Crippen LogP contribution >= 0.6 is 0 Å². The lowest BCUT2D eigenvalue weighted by Gasteiger charge is -2.46. The lowest BCUT2D eigenvalue weighted by molar-refractivity contribution is -0.139. The molecule has 0 radical (unpaired) electrons. The molecule has 0 saturated heterocycles. The molecule has 0 fully saturated rings. The van der Waals surface area contributed by atoms with Gasteiger partial charge in [0.1, 0.15) is 10.5 Å². The van der Waals surface area contributed by atoms with Crippen molar-refractivity contribution in [3.63, 3.8) is 0 Å². The van der Waals surface area contributed by atoms with Crippen molar-refractivity contribution in [3.8, 4) is 0 Å². The van der Waals surface area contributed by atoms with Gasteiger partial charge in [-0.1, -0.05) is 20.8 Å². The molecule has 158 valence electrons. The van der Waals surface area contributed by atoms with Crippen LogP contribution in [0.25, 0.3) is 0 Å². The molecule has 0 aromatic carbocycles. The molecule has 0 heterocycles. The Morgan fingerprint density at radius 2 is 1.00 bits per heavy atom. The van der Waals surface area contributed by atoms with Gasteiger partial charge < -0.3 is 8.23 Å². The van der Waals surface area contributed by atoms with Gasteiger partial charge in [-0.3, -0.25) is 0 Å². The minimum absolute atomic E-state index is 0.140. The maximum atomic E-state index is 12.9. The summed E-state index contributed by atoms with van der Waals surface area (Å²) in [6.45, 7) is 3.13. The van der Waals surface area contributed by atoms with E-state index in [4.69, 9.17) is 8.23 Å². The molecule has 0 rings (SSSR count). The van der Waals surface area contributed by atoms with Crippen LogP contribution in [0.15, 0.2) is 0 Å². The van der Waals surface area contributed by atoms with Gasteiger partial charge in [0.25, 0.3) is 10.0 Å². The molecule has 0 bridgehead atoms. The van der Waals surface area contributed by atoms with E-state index >= 15 is 0 Å². The maximum absolute atomic E-state index is 12.9. The molecule has 0 aliphatic heterocycles. The monoisotopic (exact) mass is 454 g/mol. The summed E-state index contributed by atoms with van der Waals surface area (Å²) in [5.74, 6) is 0. The Morgan fingerprint density at radius 3 is 1.19 bits per heavy atom. The quantitative estimate of drug-likeness (QED) is 0.383. The summed E-state index contributed by atoms with van der Waals surface area (Å²) in [6.07, 6.45) is -18.6. The zero-order valence-corrected chi connectivity index (χ0v) is 19.2. The second kappa shape index (κ2) is 9.43. The van der Waals surface area contributed by atoms with Crippen molar-refractivity contribution in [2.45, 2.75) is 75.2 Å². The maximum Gasteiger partial charge on any atom is 0.389 e. The third-order valence-corrected chi connectivity index (χ3v) is 13.0. The number of rotatable bonds is 9. The van der Waals surface area contributed by atoms with Gasteiger partial charge in [0, 0.05) is 19.3 Å². The molecule has 3 atom stereocenters. The van der Waals surface area contributed by atoms with Crippen LogP contribution in [-0.4, -0.2) is 47.3 Å². The highest BCUT2D eigenvalue weighted by molar-refractivity contribution is 6.81. The van der Waals surface area contributed by atoms with Crippen molar-refractivity contribution in [2.75, 3.05) is 0 Å². The standard InChI is InChI=1S/C12H23F9O2Si3/c1-7(4-10(13,14)15)26(23-25-22-24,8(2)5-11(16,17)18)9(3)6-12(19,20)21/h7-9H,4-6,25H2,1-3,24H3. The molecular formula is C12H23F9O2Si3. The average Bonchev–Trinajstić information content (AvgIpc) is 2.32. The van der Waals surface area contributed by atoms with Crippen LogP contribution in [0.3, 0.4) is 0 Å². The number of hydrogen-bond donors (Lipinski definition) is 0. The van der Waals surface area contributed by atoms with E-state index in [2.05, 4.69) is 0 Å². The Morgan fingerprint density at radius 1 is 0.731 bits per heavy atom. The Kier molecular flexibility index (Phi) is 9.41. The first kappa shape index (κ1) is 25.9. The van der Waals surface area contributed by atoms with Crippen LogP contribution in [0.2, 0.25) is 16.6 Å². The van der Waals surface area contributed by atoms with Crippen LogP contribution in [0.5, 0.6) is 0 Å². The van der Waals surface area contributed by atoms with Crippen LogP contribution in [0.1, 0.15) is 40.0 Å². The molecule has 2 nitrogen and oxygen atoms in total. The van der Waals surface area contributed by atoms with Crippen LogP contribution in [-0.2, 0) is 8.23 Å². The van der Waals surface area contributed by atoms with Gasteiger partial charge in [-0.2, -0.15) is 39.5 Å². The first-order valence-electron chi connectivity index (χ1n) is 7.77. The van der Waals surface area contributed by atoms with Crippen molar-refractivity contribution in [1.82, 2.24) is 0 Å². The summed E-state index contributed by atoms with van der Waals surface area (Å²) in [6, 6.07) is 0. The summed E-state index contributed by atoms with van der Waals surface area (Å²) in [5, 5.41) is 0. The highest BCUT2D eigenvalue weighted by atomic mass is 28.4. The van der Waals surface area contributed by atoms with Gasteiger partial charge >= 0.3 is 18.5 Å². The van der Waals surface area contributed by atoms with Crippen LogP contribution in [0.4, 0.5) is 39.5 Å². The predicted octanol–water partition coefficient (Wildman–Crippen LogP) is 4.27. The minimum atomic E-state index is -4.72. The van der Waals surface area contributed by atoms with E-state index < -0.39 is 72.7 Å². The van der Waals surface area contributed by atoms with Crippen molar-refractivity contribution in [3.05, 3.63) is 0 Å². The fourth-order valence-electron chi connectivity index (χ4n) is 3.56. The summed E-state index contributed by atoms with van der Waals surface area (Å²) in [5.41, 5.74) is -4.41. The molecule has 0 aromatic heterocycles. The zero-order chi connectivity index (χ0) is 21.0.